The van der Waals surface area contributed by atoms with Gasteiger partial charge in [0.2, 0.25) is 0 Å². The number of hydrogen-bond acceptors (Lipinski definition) is 2. The number of hydrogen-bond donors (Lipinski definition) is 1. The summed E-state index contributed by atoms with van der Waals surface area (Å²) in [5, 5.41) is 4.26. The van der Waals surface area contributed by atoms with Crippen LogP contribution in [0.25, 0.3) is 0 Å². The molecule has 0 aromatic heterocycles. The summed E-state index contributed by atoms with van der Waals surface area (Å²) >= 11 is 7.76. The quantitative estimate of drug-likeness (QED) is 0.693. The van der Waals surface area contributed by atoms with Crippen LogP contribution in [0.5, 0.6) is 0 Å². The van der Waals surface area contributed by atoms with Crippen LogP contribution in [0.15, 0.2) is 53.4 Å². The van der Waals surface area contributed by atoms with Crippen LogP contribution in [0, 0.1) is 5.82 Å². The van der Waals surface area contributed by atoms with Crippen LogP contribution < -0.4 is 5.32 Å². The van der Waals surface area contributed by atoms with E-state index in [9.17, 15) is 4.39 Å². The molecule has 0 aliphatic rings. The Hall–Kier alpha value is -1.03. The SMILES string of the molecule is CCCNC(CSc1cccc(Cl)c1)c1ccc(F)cc1. The Bertz CT molecular complexity index is 559. The highest BCUT2D eigenvalue weighted by molar-refractivity contribution is 7.99. The molecule has 0 bridgehead atoms. The van der Waals surface area contributed by atoms with E-state index < -0.39 is 0 Å². The van der Waals surface area contributed by atoms with Crippen LogP contribution in [0.2, 0.25) is 5.02 Å². The first-order valence-corrected chi connectivity index (χ1v) is 8.42. The number of rotatable bonds is 7. The molecule has 0 heterocycles. The first-order chi connectivity index (χ1) is 10.2. The molecule has 112 valence electrons. The average molecular weight is 324 g/mol. The summed E-state index contributed by atoms with van der Waals surface area (Å²) in [6.07, 6.45) is 1.07. The minimum Gasteiger partial charge on any atom is -0.309 e. The van der Waals surface area contributed by atoms with Gasteiger partial charge in [0.05, 0.1) is 0 Å². The molecule has 0 aliphatic heterocycles. The molecule has 1 N–H and O–H groups in total. The summed E-state index contributed by atoms with van der Waals surface area (Å²) in [6.45, 7) is 3.08. The number of benzene rings is 2. The maximum absolute atomic E-state index is 13.1. The molecule has 2 rings (SSSR count). The Labute approximate surface area is 134 Å². The molecule has 21 heavy (non-hydrogen) atoms. The molecule has 1 atom stereocenters. The van der Waals surface area contributed by atoms with Crippen molar-refractivity contribution in [3.8, 4) is 0 Å². The van der Waals surface area contributed by atoms with Crippen LogP contribution in [0.4, 0.5) is 4.39 Å². The molecule has 0 aliphatic carbocycles. The fraction of sp³-hybridized carbons (Fsp3) is 0.294. The highest BCUT2D eigenvalue weighted by Crippen LogP contribution is 2.26. The molecule has 1 unspecified atom stereocenters. The summed E-state index contributed by atoms with van der Waals surface area (Å²) in [5.74, 6) is 0.682. The van der Waals surface area contributed by atoms with Gasteiger partial charge in [0, 0.05) is 21.7 Å². The van der Waals surface area contributed by atoms with Gasteiger partial charge in [-0.2, -0.15) is 0 Å². The summed E-state index contributed by atoms with van der Waals surface area (Å²) in [7, 11) is 0. The van der Waals surface area contributed by atoms with Gasteiger partial charge in [-0.25, -0.2) is 4.39 Å². The smallest absolute Gasteiger partial charge is 0.123 e. The highest BCUT2D eigenvalue weighted by atomic mass is 35.5. The van der Waals surface area contributed by atoms with E-state index in [2.05, 4.69) is 18.3 Å². The van der Waals surface area contributed by atoms with Gasteiger partial charge in [-0.3, -0.25) is 0 Å². The van der Waals surface area contributed by atoms with E-state index in [0.717, 1.165) is 34.2 Å². The van der Waals surface area contributed by atoms with Gasteiger partial charge >= 0.3 is 0 Å². The van der Waals surface area contributed by atoms with Gasteiger partial charge in [-0.1, -0.05) is 36.7 Å². The zero-order valence-corrected chi connectivity index (χ0v) is 13.6. The minimum atomic E-state index is -0.199. The zero-order chi connectivity index (χ0) is 15.1. The van der Waals surface area contributed by atoms with E-state index in [1.807, 2.05) is 30.3 Å². The zero-order valence-electron chi connectivity index (χ0n) is 12.0. The predicted octanol–water partition coefficient (Wildman–Crippen LogP) is 5.31. The maximum atomic E-state index is 13.1. The van der Waals surface area contributed by atoms with Crippen molar-refractivity contribution in [2.45, 2.75) is 24.3 Å². The van der Waals surface area contributed by atoms with E-state index >= 15 is 0 Å². The summed E-state index contributed by atoms with van der Waals surface area (Å²) in [5.41, 5.74) is 1.11. The predicted molar refractivity (Wildman–Crippen MR) is 89.6 cm³/mol. The normalized spacial score (nSPS) is 12.3. The molecule has 2 aromatic rings. The second-order valence-corrected chi connectivity index (χ2v) is 6.36. The number of thioether (sulfide) groups is 1. The minimum absolute atomic E-state index is 0.199. The standard InChI is InChI=1S/C17H19ClFNS/c1-2-10-20-17(13-6-8-15(19)9-7-13)12-21-16-5-3-4-14(18)11-16/h3-9,11,17,20H,2,10,12H2,1H3. The first-order valence-electron chi connectivity index (χ1n) is 7.06. The van der Waals surface area contributed by atoms with Crippen molar-refractivity contribution in [3.63, 3.8) is 0 Å². The van der Waals surface area contributed by atoms with Gasteiger partial charge < -0.3 is 5.32 Å². The van der Waals surface area contributed by atoms with E-state index in [-0.39, 0.29) is 11.9 Å². The monoisotopic (exact) mass is 323 g/mol. The molecule has 0 saturated heterocycles. The number of halogens is 2. The van der Waals surface area contributed by atoms with Crippen molar-refractivity contribution in [2.24, 2.45) is 0 Å². The average Bonchev–Trinajstić information content (AvgIpc) is 2.49. The largest absolute Gasteiger partial charge is 0.309 e. The Balaban J connectivity index is 2.04. The topological polar surface area (TPSA) is 12.0 Å². The fourth-order valence-electron chi connectivity index (χ4n) is 2.02. The third kappa shape index (κ3) is 5.34. The second kappa shape index (κ2) is 8.42. The lowest BCUT2D eigenvalue weighted by Crippen LogP contribution is -2.24. The van der Waals surface area contributed by atoms with Crippen molar-refractivity contribution in [1.29, 1.82) is 0 Å². The third-order valence-corrected chi connectivity index (χ3v) is 4.45. The van der Waals surface area contributed by atoms with Gasteiger partial charge in [0.25, 0.3) is 0 Å². The lowest BCUT2D eigenvalue weighted by atomic mass is 10.1. The van der Waals surface area contributed by atoms with Gasteiger partial charge in [-0.05, 0) is 48.9 Å². The second-order valence-electron chi connectivity index (χ2n) is 4.83. The van der Waals surface area contributed by atoms with Crippen LogP contribution >= 0.6 is 23.4 Å². The van der Waals surface area contributed by atoms with E-state index in [4.69, 9.17) is 11.6 Å². The number of nitrogens with one attached hydrogen (secondary N) is 1. The first kappa shape index (κ1) is 16.3. The summed E-state index contributed by atoms with van der Waals surface area (Å²) in [4.78, 5) is 1.15. The molecule has 0 amide bonds. The van der Waals surface area contributed by atoms with Crippen molar-refractivity contribution in [3.05, 3.63) is 64.9 Å². The van der Waals surface area contributed by atoms with E-state index in [0.29, 0.717) is 0 Å². The molecule has 0 radical (unpaired) electrons. The van der Waals surface area contributed by atoms with Gasteiger partial charge in [0.1, 0.15) is 5.82 Å². The van der Waals surface area contributed by atoms with Crippen LogP contribution in [0.1, 0.15) is 24.9 Å². The van der Waals surface area contributed by atoms with Crippen LogP contribution in [0.3, 0.4) is 0 Å². The lowest BCUT2D eigenvalue weighted by Gasteiger charge is -2.19. The van der Waals surface area contributed by atoms with E-state index in [1.54, 1.807) is 11.8 Å². The molecule has 0 saturated carbocycles. The van der Waals surface area contributed by atoms with Crippen molar-refractivity contribution in [2.75, 3.05) is 12.3 Å². The van der Waals surface area contributed by atoms with Gasteiger partial charge in [-0.15, -0.1) is 11.8 Å². The van der Waals surface area contributed by atoms with Gasteiger partial charge in [0.15, 0.2) is 0 Å². The van der Waals surface area contributed by atoms with Crippen LogP contribution in [-0.4, -0.2) is 12.3 Å². The molecule has 1 nitrogen and oxygen atoms in total. The van der Waals surface area contributed by atoms with E-state index in [1.165, 1.54) is 12.1 Å². The molecule has 0 fully saturated rings. The Morgan fingerprint density at radius 1 is 1.19 bits per heavy atom. The Morgan fingerprint density at radius 3 is 2.62 bits per heavy atom. The highest BCUT2D eigenvalue weighted by Gasteiger charge is 2.11. The molecular formula is C17H19ClFNS. The summed E-state index contributed by atoms with van der Waals surface area (Å²) < 4.78 is 13.1. The fourth-order valence-corrected chi connectivity index (χ4v) is 3.33. The Morgan fingerprint density at radius 2 is 1.95 bits per heavy atom. The molecule has 2 aromatic carbocycles. The Kier molecular flexibility index (Phi) is 6.55. The van der Waals surface area contributed by atoms with Crippen molar-refractivity contribution < 1.29 is 4.39 Å². The molecule has 4 heteroatoms. The maximum Gasteiger partial charge on any atom is 0.123 e. The molecule has 0 spiro atoms. The third-order valence-electron chi connectivity index (χ3n) is 3.13. The lowest BCUT2D eigenvalue weighted by molar-refractivity contribution is 0.574. The van der Waals surface area contributed by atoms with Crippen molar-refractivity contribution in [1.82, 2.24) is 5.32 Å². The molecular weight excluding hydrogens is 305 g/mol. The summed E-state index contributed by atoms with van der Waals surface area (Å²) in [6, 6.07) is 14.8. The van der Waals surface area contributed by atoms with Crippen molar-refractivity contribution >= 4 is 23.4 Å². The van der Waals surface area contributed by atoms with Crippen LogP contribution in [-0.2, 0) is 0 Å².